The lowest BCUT2D eigenvalue weighted by Gasteiger charge is -2.38. The van der Waals surface area contributed by atoms with Crippen molar-refractivity contribution in [1.29, 1.82) is 0 Å². The molecule has 4 nitrogen and oxygen atoms in total. The van der Waals surface area contributed by atoms with Crippen molar-refractivity contribution in [3.8, 4) is 5.75 Å². The summed E-state index contributed by atoms with van der Waals surface area (Å²) in [4.78, 5) is 14.3. The number of benzene rings is 1. The standard InChI is InChI=1S/C16H21FN2O2/c1-11-9-10-19(4)16(11,3)18-15(20)13-5-7-14(8-6-13)21-12(2)17/h5-12H,1-4H3,(H,18,20)/t11-,12?,16?/m1/s1. The molecule has 0 fully saturated rings. The van der Waals surface area contributed by atoms with Gasteiger partial charge < -0.3 is 15.0 Å². The number of hydrogen-bond donors (Lipinski definition) is 1. The summed E-state index contributed by atoms with van der Waals surface area (Å²) < 4.78 is 17.7. The van der Waals surface area contributed by atoms with Crippen LogP contribution < -0.4 is 10.1 Å². The summed E-state index contributed by atoms with van der Waals surface area (Å²) >= 11 is 0. The molecule has 0 saturated carbocycles. The third-order valence-corrected chi connectivity index (χ3v) is 4.00. The first-order valence-corrected chi connectivity index (χ1v) is 6.97. The first-order valence-electron chi connectivity index (χ1n) is 6.97. The SMILES string of the molecule is CC(F)Oc1ccc(C(=O)NC2(C)[C@H](C)C=CN2C)cc1. The third kappa shape index (κ3) is 3.17. The average molecular weight is 292 g/mol. The largest absolute Gasteiger partial charge is 0.461 e. The Hall–Kier alpha value is -2.04. The lowest BCUT2D eigenvalue weighted by atomic mass is 9.97. The Bertz CT molecular complexity index is 528. The summed E-state index contributed by atoms with van der Waals surface area (Å²) in [5.74, 6) is 0.446. The Kier molecular flexibility index (Phi) is 4.21. The zero-order valence-electron chi connectivity index (χ0n) is 12.8. The zero-order chi connectivity index (χ0) is 15.6. The Morgan fingerprint density at radius 1 is 1.43 bits per heavy atom. The van der Waals surface area contributed by atoms with E-state index in [9.17, 15) is 9.18 Å². The maximum atomic E-state index is 12.7. The second-order valence-electron chi connectivity index (χ2n) is 5.53. The van der Waals surface area contributed by atoms with Gasteiger partial charge in [0.05, 0.1) is 0 Å². The van der Waals surface area contributed by atoms with Gasteiger partial charge in [-0.2, -0.15) is 0 Å². The number of ether oxygens (including phenoxy) is 1. The first-order chi connectivity index (χ1) is 9.83. The second kappa shape index (κ2) is 5.76. The molecule has 0 aliphatic carbocycles. The molecule has 1 amide bonds. The van der Waals surface area contributed by atoms with Crippen LogP contribution in [0.25, 0.3) is 0 Å². The topological polar surface area (TPSA) is 41.6 Å². The molecule has 2 rings (SSSR count). The highest BCUT2D eigenvalue weighted by atomic mass is 19.1. The van der Waals surface area contributed by atoms with E-state index in [1.54, 1.807) is 24.3 Å². The molecule has 1 aromatic rings. The van der Waals surface area contributed by atoms with Crippen molar-refractivity contribution >= 4 is 5.91 Å². The van der Waals surface area contributed by atoms with Crippen LogP contribution in [0.1, 0.15) is 31.1 Å². The molecular weight excluding hydrogens is 271 g/mol. The molecule has 114 valence electrons. The van der Waals surface area contributed by atoms with Crippen LogP contribution in [0.4, 0.5) is 4.39 Å². The summed E-state index contributed by atoms with van der Waals surface area (Å²) in [5.41, 5.74) is 0.0715. The van der Waals surface area contributed by atoms with Gasteiger partial charge in [-0.05, 0) is 37.4 Å². The molecule has 2 unspecified atom stereocenters. The van der Waals surface area contributed by atoms with Crippen molar-refractivity contribution < 1.29 is 13.9 Å². The van der Waals surface area contributed by atoms with Crippen LogP contribution >= 0.6 is 0 Å². The number of hydrogen-bond acceptors (Lipinski definition) is 3. The van der Waals surface area contributed by atoms with Gasteiger partial charge in [-0.25, -0.2) is 4.39 Å². The molecule has 0 saturated heterocycles. The summed E-state index contributed by atoms with van der Waals surface area (Å²) in [6.45, 7) is 5.35. The quantitative estimate of drug-likeness (QED) is 0.927. The first kappa shape index (κ1) is 15.4. The molecule has 1 aliphatic rings. The fraction of sp³-hybridized carbons (Fsp3) is 0.438. The molecule has 0 aromatic heterocycles. The predicted octanol–water partition coefficient (Wildman–Crippen LogP) is 2.92. The number of carbonyl (C=O) groups excluding carboxylic acids is 1. The Morgan fingerprint density at radius 2 is 2.05 bits per heavy atom. The van der Waals surface area contributed by atoms with Gasteiger partial charge >= 0.3 is 0 Å². The molecule has 0 radical (unpaired) electrons. The van der Waals surface area contributed by atoms with Crippen LogP contribution in [0.5, 0.6) is 5.75 Å². The minimum Gasteiger partial charge on any atom is -0.461 e. The fourth-order valence-electron chi connectivity index (χ4n) is 2.30. The van der Waals surface area contributed by atoms with Crippen molar-refractivity contribution in [2.45, 2.75) is 32.8 Å². The molecule has 1 N–H and O–H groups in total. The second-order valence-corrected chi connectivity index (χ2v) is 5.53. The van der Waals surface area contributed by atoms with E-state index in [0.717, 1.165) is 0 Å². The zero-order valence-corrected chi connectivity index (χ0v) is 12.8. The monoisotopic (exact) mass is 292 g/mol. The number of nitrogens with one attached hydrogen (secondary N) is 1. The predicted molar refractivity (Wildman–Crippen MR) is 79.6 cm³/mol. The maximum Gasteiger partial charge on any atom is 0.253 e. The molecular formula is C16H21FN2O2. The number of alkyl halides is 1. The molecule has 3 atom stereocenters. The Balaban J connectivity index is 2.07. The van der Waals surface area contributed by atoms with Crippen molar-refractivity contribution in [3.05, 3.63) is 42.1 Å². The lowest BCUT2D eigenvalue weighted by Crippen LogP contribution is -2.56. The highest BCUT2D eigenvalue weighted by molar-refractivity contribution is 5.94. The summed E-state index contributed by atoms with van der Waals surface area (Å²) in [6, 6.07) is 6.44. The Morgan fingerprint density at radius 3 is 2.52 bits per heavy atom. The van der Waals surface area contributed by atoms with Gasteiger partial charge in [0.15, 0.2) is 0 Å². The number of amides is 1. The highest BCUT2D eigenvalue weighted by Gasteiger charge is 2.38. The summed E-state index contributed by atoms with van der Waals surface area (Å²) in [7, 11) is 1.93. The van der Waals surface area contributed by atoms with E-state index in [2.05, 4.69) is 18.3 Å². The number of carbonyl (C=O) groups is 1. The number of halogens is 1. The van der Waals surface area contributed by atoms with Crippen LogP contribution in [-0.4, -0.2) is 29.9 Å². The van der Waals surface area contributed by atoms with E-state index in [4.69, 9.17) is 4.74 Å². The van der Waals surface area contributed by atoms with Crippen LogP contribution in [0.15, 0.2) is 36.5 Å². The molecule has 5 heteroatoms. The van der Waals surface area contributed by atoms with Crippen molar-refractivity contribution in [1.82, 2.24) is 10.2 Å². The van der Waals surface area contributed by atoms with E-state index < -0.39 is 12.0 Å². The van der Waals surface area contributed by atoms with Gasteiger partial charge in [-0.3, -0.25) is 4.79 Å². The van der Waals surface area contributed by atoms with E-state index in [-0.39, 0.29) is 11.8 Å². The molecule has 1 aromatic carbocycles. The van der Waals surface area contributed by atoms with E-state index in [1.165, 1.54) is 6.92 Å². The van der Waals surface area contributed by atoms with Gasteiger partial charge in [-0.15, -0.1) is 0 Å². The fourth-order valence-corrected chi connectivity index (χ4v) is 2.30. The van der Waals surface area contributed by atoms with Gasteiger partial charge in [0.2, 0.25) is 6.36 Å². The van der Waals surface area contributed by atoms with Crippen LogP contribution in [0, 0.1) is 5.92 Å². The van der Waals surface area contributed by atoms with Crippen molar-refractivity contribution in [2.24, 2.45) is 5.92 Å². The highest BCUT2D eigenvalue weighted by Crippen LogP contribution is 2.28. The number of nitrogens with zero attached hydrogens (tertiary/aromatic N) is 1. The lowest BCUT2D eigenvalue weighted by molar-refractivity contribution is 0.0746. The third-order valence-electron chi connectivity index (χ3n) is 4.00. The van der Waals surface area contributed by atoms with Crippen LogP contribution in [0.3, 0.4) is 0 Å². The van der Waals surface area contributed by atoms with E-state index in [0.29, 0.717) is 11.3 Å². The molecule has 1 heterocycles. The Labute approximate surface area is 124 Å². The summed E-state index contributed by atoms with van der Waals surface area (Å²) in [5, 5.41) is 3.04. The summed E-state index contributed by atoms with van der Waals surface area (Å²) in [6.07, 6.45) is 2.65. The van der Waals surface area contributed by atoms with Crippen molar-refractivity contribution in [3.63, 3.8) is 0 Å². The minimum absolute atomic E-state index is 0.167. The maximum absolute atomic E-state index is 12.7. The van der Waals surface area contributed by atoms with Gasteiger partial charge in [0.1, 0.15) is 11.4 Å². The number of rotatable bonds is 4. The van der Waals surface area contributed by atoms with E-state index >= 15 is 0 Å². The van der Waals surface area contributed by atoms with Gasteiger partial charge in [0.25, 0.3) is 5.91 Å². The minimum atomic E-state index is -1.37. The smallest absolute Gasteiger partial charge is 0.253 e. The molecule has 21 heavy (non-hydrogen) atoms. The molecule has 1 aliphatic heterocycles. The van der Waals surface area contributed by atoms with Gasteiger partial charge in [0, 0.05) is 25.5 Å². The normalized spacial score (nSPS) is 25.8. The molecule has 0 bridgehead atoms. The van der Waals surface area contributed by atoms with Crippen LogP contribution in [-0.2, 0) is 0 Å². The van der Waals surface area contributed by atoms with Crippen molar-refractivity contribution in [2.75, 3.05) is 7.05 Å². The average Bonchev–Trinajstić information content (AvgIpc) is 2.66. The van der Waals surface area contributed by atoms with E-state index in [1.807, 2.05) is 25.1 Å². The molecule has 0 spiro atoms. The van der Waals surface area contributed by atoms with Gasteiger partial charge in [-0.1, -0.05) is 13.0 Å². The van der Waals surface area contributed by atoms with Crippen LogP contribution in [0.2, 0.25) is 0 Å².